The Morgan fingerprint density at radius 2 is 2.16 bits per heavy atom. The monoisotopic (exact) mass is 260 g/mol. The highest BCUT2D eigenvalue weighted by atomic mass is 15.1. The minimum absolute atomic E-state index is 0.184. The fraction of sp³-hybridized carbons (Fsp3) is 0.647. The standard InChI is InChI=1S/C17H28N2/c1-3-15-8-6-11-19(13-15)12-10-17(18)16-9-5-4-7-14(16)2/h4-5,7,9,15,17H,3,6,8,10-13,18H2,1-2H3. The number of hydrogen-bond donors (Lipinski definition) is 1. The lowest BCUT2D eigenvalue weighted by molar-refractivity contribution is 0.167. The van der Waals surface area contributed by atoms with Gasteiger partial charge in [-0.2, -0.15) is 0 Å². The lowest BCUT2D eigenvalue weighted by Crippen LogP contribution is -2.36. The third-order valence-electron chi connectivity index (χ3n) is 4.52. The van der Waals surface area contributed by atoms with Gasteiger partial charge in [-0.25, -0.2) is 0 Å². The molecule has 106 valence electrons. The number of piperidine rings is 1. The van der Waals surface area contributed by atoms with E-state index < -0.39 is 0 Å². The fourth-order valence-corrected chi connectivity index (χ4v) is 3.17. The van der Waals surface area contributed by atoms with Gasteiger partial charge in [0, 0.05) is 12.6 Å². The van der Waals surface area contributed by atoms with Crippen LogP contribution >= 0.6 is 0 Å². The van der Waals surface area contributed by atoms with E-state index in [9.17, 15) is 0 Å². The number of likely N-dealkylation sites (tertiary alicyclic amines) is 1. The fourth-order valence-electron chi connectivity index (χ4n) is 3.17. The summed E-state index contributed by atoms with van der Waals surface area (Å²) in [5.74, 6) is 0.906. The van der Waals surface area contributed by atoms with Gasteiger partial charge >= 0.3 is 0 Å². The van der Waals surface area contributed by atoms with E-state index in [1.165, 1.54) is 43.5 Å². The minimum Gasteiger partial charge on any atom is -0.324 e. The first-order valence-corrected chi connectivity index (χ1v) is 7.74. The van der Waals surface area contributed by atoms with Crippen LogP contribution in [0.5, 0.6) is 0 Å². The van der Waals surface area contributed by atoms with Gasteiger partial charge in [0.05, 0.1) is 0 Å². The molecule has 1 saturated heterocycles. The molecule has 2 rings (SSSR count). The van der Waals surface area contributed by atoms with E-state index in [1.807, 2.05) is 0 Å². The predicted octanol–water partition coefficient (Wildman–Crippen LogP) is 3.51. The summed E-state index contributed by atoms with van der Waals surface area (Å²) in [4.78, 5) is 2.61. The Kier molecular flexibility index (Phi) is 5.41. The van der Waals surface area contributed by atoms with Crippen LogP contribution < -0.4 is 5.73 Å². The zero-order valence-corrected chi connectivity index (χ0v) is 12.4. The average Bonchev–Trinajstić information content (AvgIpc) is 2.45. The second kappa shape index (κ2) is 7.06. The summed E-state index contributed by atoms with van der Waals surface area (Å²) in [5, 5.41) is 0. The number of benzene rings is 1. The van der Waals surface area contributed by atoms with Crippen LogP contribution in [-0.4, -0.2) is 24.5 Å². The van der Waals surface area contributed by atoms with Gasteiger partial charge in [0.1, 0.15) is 0 Å². The van der Waals surface area contributed by atoms with Crippen molar-refractivity contribution in [3.63, 3.8) is 0 Å². The van der Waals surface area contributed by atoms with Gasteiger partial charge in [0.25, 0.3) is 0 Å². The van der Waals surface area contributed by atoms with Gasteiger partial charge in [-0.15, -0.1) is 0 Å². The predicted molar refractivity (Wildman–Crippen MR) is 82.2 cm³/mol. The van der Waals surface area contributed by atoms with Crippen LogP contribution in [0.25, 0.3) is 0 Å². The normalized spacial score (nSPS) is 22.4. The maximum atomic E-state index is 6.35. The van der Waals surface area contributed by atoms with Crippen LogP contribution in [0.2, 0.25) is 0 Å². The summed E-state index contributed by atoms with van der Waals surface area (Å²) in [5.41, 5.74) is 8.98. The SMILES string of the molecule is CCC1CCCN(CCC(N)c2ccccc2C)C1. The van der Waals surface area contributed by atoms with Crippen LogP contribution in [-0.2, 0) is 0 Å². The highest BCUT2D eigenvalue weighted by Crippen LogP contribution is 2.22. The van der Waals surface area contributed by atoms with Gasteiger partial charge in [-0.1, -0.05) is 37.6 Å². The first-order valence-electron chi connectivity index (χ1n) is 7.74. The van der Waals surface area contributed by atoms with E-state index >= 15 is 0 Å². The summed E-state index contributed by atoms with van der Waals surface area (Å²) < 4.78 is 0. The van der Waals surface area contributed by atoms with E-state index in [0.717, 1.165) is 18.9 Å². The summed E-state index contributed by atoms with van der Waals surface area (Å²) in [7, 11) is 0. The first-order chi connectivity index (χ1) is 9.20. The average molecular weight is 260 g/mol. The Bertz CT molecular complexity index is 389. The molecular formula is C17H28N2. The van der Waals surface area contributed by atoms with Crippen molar-refractivity contribution in [1.82, 2.24) is 4.90 Å². The van der Waals surface area contributed by atoms with Crippen molar-refractivity contribution in [3.05, 3.63) is 35.4 Å². The molecule has 0 saturated carbocycles. The molecular weight excluding hydrogens is 232 g/mol. The van der Waals surface area contributed by atoms with Gasteiger partial charge in [-0.05, 0) is 56.3 Å². The molecule has 0 aliphatic carbocycles. The Morgan fingerprint density at radius 1 is 1.37 bits per heavy atom. The number of aryl methyl sites for hydroxylation is 1. The minimum atomic E-state index is 0.184. The molecule has 19 heavy (non-hydrogen) atoms. The molecule has 0 aromatic heterocycles. The van der Waals surface area contributed by atoms with Crippen LogP contribution in [0, 0.1) is 12.8 Å². The quantitative estimate of drug-likeness (QED) is 0.878. The molecule has 1 aromatic carbocycles. The van der Waals surface area contributed by atoms with Gasteiger partial charge in [0.2, 0.25) is 0 Å². The maximum absolute atomic E-state index is 6.35. The molecule has 0 spiro atoms. The molecule has 1 aromatic rings. The molecule has 0 amide bonds. The van der Waals surface area contributed by atoms with Crippen LogP contribution in [0.3, 0.4) is 0 Å². The highest BCUT2D eigenvalue weighted by Gasteiger charge is 2.19. The highest BCUT2D eigenvalue weighted by molar-refractivity contribution is 5.28. The number of nitrogens with two attached hydrogens (primary N) is 1. The zero-order chi connectivity index (χ0) is 13.7. The molecule has 1 heterocycles. The lowest BCUT2D eigenvalue weighted by Gasteiger charge is -2.33. The summed E-state index contributed by atoms with van der Waals surface area (Å²) in [6, 6.07) is 8.69. The lowest BCUT2D eigenvalue weighted by atomic mass is 9.94. The van der Waals surface area contributed by atoms with Gasteiger partial charge in [-0.3, -0.25) is 0 Å². The van der Waals surface area contributed by atoms with E-state index in [4.69, 9.17) is 5.73 Å². The molecule has 2 N–H and O–H groups in total. The Morgan fingerprint density at radius 3 is 2.89 bits per heavy atom. The number of rotatable bonds is 5. The molecule has 2 unspecified atom stereocenters. The van der Waals surface area contributed by atoms with Crippen LogP contribution in [0.4, 0.5) is 0 Å². The Labute approximate surface area is 118 Å². The largest absolute Gasteiger partial charge is 0.324 e. The van der Waals surface area contributed by atoms with E-state index in [0.29, 0.717) is 0 Å². The number of nitrogens with zero attached hydrogens (tertiary/aromatic N) is 1. The van der Waals surface area contributed by atoms with E-state index in [-0.39, 0.29) is 6.04 Å². The molecule has 2 heteroatoms. The van der Waals surface area contributed by atoms with Gasteiger partial charge < -0.3 is 10.6 Å². The van der Waals surface area contributed by atoms with Crippen molar-refractivity contribution < 1.29 is 0 Å². The molecule has 0 bridgehead atoms. The summed E-state index contributed by atoms with van der Waals surface area (Å²) in [6.45, 7) is 8.15. The number of hydrogen-bond acceptors (Lipinski definition) is 2. The Hall–Kier alpha value is -0.860. The van der Waals surface area contributed by atoms with Crippen molar-refractivity contribution in [2.45, 2.75) is 45.6 Å². The van der Waals surface area contributed by atoms with E-state index in [1.54, 1.807) is 0 Å². The molecule has 0 radical (unpaired) electrons. The molecule has 1 aliphatic rings. The second-order valence-corrected chi connectivity index (χ2v) is 5.97. The first kappa shape index (κ1) is 14.5. The third-order valence-corrected chi connectivity index (χ3v) is 4.52. The zero-order valence-electron chi connectivity index (χ0n) is 12.4. The van der Waals surface area contributed by atoms with E-state index in [2.05, 4.69) is 43.0 Å². The summed E-state index contributed by atoms with van der Waals surface area (Å²) in [6.07, 6.45) is 5.16. The molecule has 1 aliphatic heterocycles. The van der Waals surface area contributed by atoms with Crippen molar-refractivity contribution in [3.8, 4) is 0 Å². The van der Waals surface area contributed by atoms with Gasteiger partial charge in [0.15, 0.2) is 0 Å². The Balaban J connectivity index is 1.83. The topological polar surface area (TPSA) is 29.3 Å². The second-order valence-electron chi connectivity index (χ2n) is 5.97. The van der Waals surface area contributed by atoms with Crippen molar-refractivity contribution in [2.75, 3.05) is 19.6 Å². The summed E-state index contributed by atoms with van der Waals surface area (Å²) >= 11 is 0. The molecule has 2 atom stereocenters. The third kappa shape index (κ3) is 4.05. The van der Waals surface area contributed by atoms with Crippen molar-refractivity contribution in [2.24, 2.45) is 11.7 Å². The van der Waals surface area contributed by atoms with Crippen LogP contribution in [0.1, 0.15) is 49.8 Å². The maximum Gasteiger partial charge on any atom is 0.0309 e. The molecule has 1 fully saturated rings. The van der Waals surface area contributed by atoms with Crippen LogP contribution in [0.15, 0.2) is 24.3 Å². The van der Waals surface area contributed by atoms with Crippen molar-refractivity contribution >= 4 is 0 Å². The smallest absolute Gasteiger partial charge is 0.0309 e. The van der Waals surface area contributed by atoms with Crippen molar-refractivity contribution in [1.29, 1.82) is 0 Å². The molecule has 2 nitrogen and oxygen atoms in total.